The number of hydrogen-bond donors (Lipinski definition) is 2. The van der Waals surface area contributed by atoms with Gasteiger partial charge in [-0.25, -0.2) is 4.79 Å². The third-order valence-corrected chi connectivity index (χ3v) is 2.39. The summed E-state index contributed by atoms with van der Waals surface area (Å²) in [5.41, 5.74) is 0. The average Bonchev–Trinajstić information content (AvgIpc) is 2.40. The molecule has 0 fully saturated rings. The topological polar surface area (TPSA) is 84.9 Å². The molecule has 0 radical (unpaired) electrons. The van der Waals surface area contributed by atoms with Crippen molar-refractivity contribution >= 4 is 11.9 Å². The smallest absolute Gasteiger partial charge is 0.334 e. The molecule has 1 aromatic rings. The van der Waals surface area contributed by atoms with Crippen LogP contribution in [-0.4, -0.2) is 43.3 Å². The van der Waals surface area contributed by atoms with Crippen molar-refractivity contribution in [2.45, 2.75) is 12.5 Å². The van der Waals surface area contributed by atoms with E-state index >= 15 is 0 Å². The molecule has 0 aromatic heterocycles. The van der Waals surface area contributed by atoms with E-state index in [0.717, 1.165) is 0 Å². The lowest BCUT2D eigenvalue weighted by molar-refractivity contribution is -0.148. The number of hydrogen-bond acceptors (Lipinski definition) is 4. The van der Waals surface area contributed by atoms with Gasteiger partial charge in [-0.05, 0) is 12.1 Å². The first-order valence-corrected chi connectivity index (χ1v) is 5.83. The van der Waals surface area contributed by atoms with Crippen LogP contribution in [0.5, 0.6) is 5.75 Å². The zero-order valence-electron chi connectivity index (χ0n) is 10.7. The van der Waals surface area contributed by atoms with Crippen LogP contribution in [0.1, 0.15) is 6.42 Å². The van der Waals surface area contributed by atoms with Crippen molar-refractivity contribution in [2.75, 3.05) is 20.3 Å². The Morgan fingerprint density at radius 1 is 1.32 bits per heavy atom. The number of amides is 1. The molecule has 0 saturated carbocycles. The van der Waals surface area contributed by atoms with Crippen LogP contribution >= 0.6 is 0 Å². The third kappa shape index (κ3) is 5.87. The molecule has 104 valence electrons. The second kappa shape index (κ2) is 8.10. The largest absolute Gasteiger partial charge is 0.493 e. The normalized spacial score (nSPS) is 11.6. The first-order chi connectivity index (χ1) is 9.13. The zero-order chi connectivity index (χ0) is 14.1. The molecule has 0 aliphatic carbocycles. The van der Waals surface area contributed by atoms with E-state index in [1.165, 1.54) is 7.11 Å². The van der Waals surface area contributed by atoms with Crippen LogP contribution in [-0.2, 0) is 14.3 Å². The van der Waals surface area contributed by atoms with Crippen molar-refractivity contribution in [3.05, 3.63) is 30.3 Å². The van der Waals surface area contributed by atoms with Gasteiger partial charge in [0.2, 0.25) is 5.91 Å². The highest BCUT2D eigenvalue weighted by Crippen LogP contribution is 2.08. The van der Waals surface area contributed by atoms with Crippen LogP contribution in [0, 0.1) is 0 Å². The molecule has 0 spiro atoms. The predicted molar refractivity (Wildman–Crippen MR) is 68.0 cm³/mol. The first kappa shape index (κ1) is 15.0. The maximum absolute atomic E-state index is 11.4. The van der Waals surface area contributed by atoms with Gasteiger partial charge in [0, 0.05) is 7.11 Å². The first-order valence-electron chi connectivity index (χ1n) is 5.83. The van der Waals surface area contributed by atoms with Gasteiger partial charge in [-0.1, -0.05) is 18.2 Å². The van der Waals surface area contributed by atoms with Gasteiger partial charge < -0.3 is 19.9 Å². The van der Waals surface area contributed by atoms with E-state index in [2.05, 4.69) is 5.32 Å². The summed E-state index contributed by atoms with van der Waals surface area (Å²) in [6.45, 7) is 0.177. The summed E-state index contributed by atoms with van der Waals surface area (Å²) in [7, 11) is 1.28. The Hall–Kier alpha value is -2.08. The SMILES string of the molecule is COC(CNC(=O)CCOc1ccccc1)C(=O)O. The van der Waals surface area contributed by atoms with Crippen LogP contribution in [0.15, 0.2) is 30.3 Å². The molecule has 1 aromatic carbocycles. The minimum atomic E-state index is -1.11. The molecular formula is C13H17NO5. The Morgan fingerprint density at radius 2 is 2.00 bits per heavy atom. The Morgan fingerprint density at radius 3 is 2.58 bits per heavy atom. The highest BCUT2D eigenvalue weighted by atomic mass is 16.5. The highest BCUT2D eigenvalue weighted by molar-refractivity contribution is 5.78. The van der Waals surface area contributed by atoms with Gasteiger partial charge in [0.05, 0.1) is 19.6 Å². The maximum atomic E-state index is 11.4. The Labute approximate surface area is 111 Å². The lowest BCUT2D eigenvalue weighted by atomic mass is 10.3. The summed E-state index contributed by atoms with van der Waals surface area (Å²) >= 11 is 0. The Bertz CT molecular complexity index is 407. The molecule has 6 nitrogen and oxygen atoms in total. The standard InChI is InChI=1S/C13H17NO5/c1-18-11(13(16)17)9-14-12(15)7-8-19-10-5-3-2-4-6-10/h2-6,11H,7-9H2,1H3,(H,14,15)(H,16,17). The molecular weight excluding hydrogens is 250 g/mol. The summed E-state index contributed by atoms with van der Waals surface area (Å²) in [6.07, 6.45) is -0.871. The summed E-state index contributed by atoms with van der Waals surface area (Å²) in [6, 6.07) is 9.14. The number of nitrogens with one attached hydrogen (secondary N) is 1. The number of para-hydroxylation sites is 1. The van der Waals surface area contributed by atoms with Crippen LogP contribution in [0.25, 0.3) is 0 Å². The lowest BCUT2D eigenvalue weighted by Gasteiger charge is -2.11. The summed E-state index contributed by atoms with van der Waals surface area (Å²) < 4.78 is 10.0. The fourth-order valence-corrected chi connectivity index (χ4v) is 1.34. The van der Waals surface area contributed by atoms with Gasteiger partial charge in [-0.2, -0.15) is 0 Å². The highest BCUT2D eigenvalue weighted by Gasteiger charge is 2.16. The second-order valence-electron chi connectivity index (χ2n) is 3.78. The molecule has 2 N–H and O–H groups in total. The number of benzene rings is 1. The number of methoxy groups -OCH3 is 1. The maximum Gasteiger partial charge on any atom is 0.334 e. The van der Waals surface area contributed by atoms with E-state index in [9.17, 15) is 9.59 Å². The molecule has 0 saturated heterocycles. The van der Waals surface area contributed by atoms with Gasteiger partial charge in [0.1, 0.15) is 5.75 Å². The molecule has 1 rings (SSSR count). The van der Waals surface area contributed by atoms with Crippen LogP contribution in [0.2, 0.25) is 0 Å². The molecule has 19 heavy (non-hydrogen) atoms. The average molecular weight is 267 g/mol. The van der Waals surface area contributed by atoms with Gasteiger partial charge >= 0.3 is 5.97 Å². The second-order valence-corrected chi connectivity index (χ2v) is 3.78. The van der Waals surface area contributed by atoms with Gasteiger partial charge in [0.25, 0.3) is 0 Å². The molecule has 0 aliphatic rings. The number of carbonyl (C=O) groups is 2. The van der Waals surface area contributed by atoms with Crippen molar-refractivity contribution < 1.29 is 24.2 Å². The van der Waals surface area contributed by atoms with Crippen LogP contribution in [0.4, 0.5) is 0 Å². The molecule has 0 aliphatic heterocycles. The van der Waals surface area contributed by atoms with E-state index in [1.54, 1.807) is 12.1 Å². The number of aliphatic carboxylic acids is 1. The van der Waals surface area contributed by atoms with Crippen LogP contribution < -0.4 is 10.1 Å². The van der Waals surface area contributed by atoms with E-state index in [0.29, 0.717) is 5.75 Å². The van der Waals surface area contributed by atoms with E-state index in [4.69, 9.17) is 14.6 Å². The van der Waals surface area contributed by atoms with Crippen molar-refractivity contribution in [3.63, 3.8) is 0 Å². The van der Waals surface area contributed by atoms with E-state index < -0.39 is 12.1 Å². The fourth-order valence-electron chi connectivity index (χ4n) is 1.34. The van der Waals surface area contributed by atoms with Crippen molar-refractivity contribution in [1.82, 2.24) is 5.32 Å². The monoisotopic (exact) mass is 267 g/mol. The number of ether oxygens (including phenoxy) is 2. The minimum absolute atomic E-state index is 0.0595. The molecule has 1 unspecified atom stereocenters. The summed E-state index contributed by atoms with van der Waals surface area (Å²) in [5.74, 6) is -0.696. The molecule has 0 heterocycles. The molecule has 1 amide bonds. The molecule has 0 bridgehead atoms. The minimum Gasteiger partial charge on any atom is -0.493 e. The van der Waals surface area contributed by atoms with Crippen molar-refractivity contribution in [1.29, 1.82) is 0 Å². The summed E-state index contributed by atoms with van der Waals surface area (Å²) in [5, 5.41) is 11.2. The van der Waals surface area contributed by atoms with Crippen molar-refractivity contribution in [3.8, 4) is 5.75 Å². The van der Waals surface area contributed by atoms with E-state index in [-0.39, 0.29) is 25.5 Å². The van der Waals surface area contributed by atoms with Gasteiger partial charge in [-0.15, -0.1) is 0 Å². The quantitative estimate of drug-likeness (QED) is 0.723. The predicted octanol–water partition coefficient (Wildman–Crippen LogP) is 0.671. The van der Waals surface area contributed by atoms with E-state index in [1.807, 2.05) is 18.2 Å². The number of carboxylic acids is 1. The Balaban J connectivity index is 2.19. The number of rotatable bonds is 8. The number of carbonyl (C=O) groups excluding carboxylic acids is 1. The number of carboxylic acid groups (broad SMARTS) is 1. The Kier molecular flexibility index (Phi) is 6.38. The molecule has 6 heteroatoms. The zero-order valence-corrected chi connectivity index (χ0v) is 10.7. The molecule has 1 atom stereocenters. The third-order valence-electron chi connectivity index (χ3n) is 2.39. The van der Waals surface area contributed by atoms with Crippen LogP contribution in [0.3, 0.4) is 0 Å². The fraction of sp³-hybridized carbons (Fsp3) is 0.385. The lowest BCUT2D eigenvalue weighted by Crippen LogP contribution is -2.38. The van der Waals surface area contributed by atoms with Gasteiger partial charge in [0.15, 0.2) is 6.10 Å². The van der Waals surface area contributed by atoms with Gasteiger partial charge in [-0.3, -0.25) is 4.79 Å². The summed E-state index contributed by atoms with van der Waals surface area (Å²) in [4.78, 5) is 22.1. The van der Waals surface area contributed by atoms with Crippen molar-refractivity contribution in [2.24, 2.45) is 0 Å².